The number of carbonyl (C=O) groups is 2. The molecule has 4 rings (SSSR count). The highest BCUT2D eigenvalue weighted by Gasteiger charge is 2.46. The molecule has 8 heteroatoms. The Morgan fingerprint density at radius 3 is 2.69 bits per heavy atom. The third-order valence-corrected chi connectivity index (χ3v) is 6.78. The van der Waals surface area contributed by atoms with E-state index in [1.165, 1.54) is 11.8 Å². The van der Waals surface area contributed by atoms with Crippen LogP contribution in [0, 0.1) is 6.92 Å². The normalized spacial score (nSPS) is 20.4. The van der Waals surface area contributed by atoms with Gasteiger partial charge in [0.2, 0.25) is 11.8 Å². The first-order valence-corrected chi connectivity index (χ1v) is 11.0. The van der Waals surface area contributed by atoms with Crippen LogP contribution in [-0.2, 0) is 9.59 Å². The van der Waals surface area contributed by atoms with Crippen molar-refractivity contribution in [1.29, 1.82) is 0 Å². The first kappa shape index (κ1) is 20.3. The number of para-hydroxylation sites is 1. The number of carbonyl (C=O) groups excluding carboxylic acids is 2. The molecule has 0 spiro atoms. The molecular formula is C21H19Cl2N3O2S. The summed E-state index contributed by atoms with van der Waals surface area (Å²) in [6, 6.07) is 13.0. The lowest BCUT2D eigenvalue weighted by Crippen LogP contribution is -2.35. The number of nitrogens with zero attached hydrogens (tertiary/aromatic N) is 2. The Balaban J connectivity index is 1.51. The highest BCUT2D eigenvalue weighted by molar-refractivity contribution is 8.15. The Kier molecular flexibility index (Phi) is 5.86. The van der Waals surface area contributed by atoms with E-state index in [2.05, 4.69) is 5.32 Å². The number of benzene rings is 2. The van der Waals surface area contributed by atoms with Gasteiger partial charge in [0.1, 0.15) is 5.25 Å². The van der Waals surface area contributed by atoms with E-state index >= 15 is 0 Å². The van der Waals surface area contributed by atoms with Crippen LogP contribution < -0.4 is 5.32 Å². The second-order valence-corrected chi connectivity index (χ2v) is 9.04. The minimum absolute atomic E-state index is 0.0440. The molecule has 1 saturated carbocycles. The molecule has 1 atom stereocenters. The standard InChI is InChI=1S/C21H19Cl2N3O2S/c1-12-5-2-3-7-15(12)25-21-26(13-9-10-13)20(28)17(29-21)11-18(27)24-16-8-4-6-14(22)19(16)23/h2-8,13,17H,9-11H2,1H3,(H,24,27). The number of hydrogen-bond acceptors (Lipinski definition) is 4. The molecular weight excluding hydrogens is 429 g/mol. The average molecular weight is 448 g/mol. The third kappa shape index (κ3) is 4.44. The van der Waals surface area contributed by atoms with Gasteiger partial charge in [0, 0.05) is 12.5 Å². The Bertz CT molecular complexity index is 1010. The van der Waals surface area contributed by atoms with Crippen LogP contribution in [0.5, 0.6) is 0 Å². The topological polar surface area (TPSA) is 61.8 Å². The van der Waals surface area contributed by atoms with Gasteiger partial charge in [-0.3, -0.25) is 14.5 Å². The number of amidine groups is 1. The molecule has 0 aromatic heterocycles. The number of amides is 2. The second-order valence-electron chi connectivity index (χ2n) is 7.08. The van der Waals surface area contributed by atoms with Gasteiger partial charge in [0.15, 0.2) is 5.17 Å². The van der Waals surface area contributed by atoms with Crippen molar-refractivity contribution in [2.45, 2.75) is 37.5 Å². The maximum Gasteiger partial charge on any atom is 0.242 e. The monoisotopic (exact) mass is 447 g/mol. The van der Waals surface area contributed by atoms with E-state index in [1.807, 2.05) is 31.2 Å². The Morgan fingerprint density at radius 2 is 1.97 bits per heavy atom. The molecule has 2 aromatic rings. The number of rotatable bonds is 5. The van der Waals surface area contributed by atoms with E-state index in [1.54, 1.807) is 23.1 Å². The molecule has 1 heterocycles. The molecule has 1 aliphatic heterocycles. The maximum atomic E-state index is 13.0. The molecule has 1 aliphatic carbocycles. The van der Waals surface area contributed by atoms with Crippen molar-refractivity contribution in [2.75, 3.05) is 5.32 Å². The molecule has 29 heavy (non-hydrogen) atoms. The fraction of sp³-hybridized carbons (Fsp3) is 0.286. The van der Waals surface area contributed by atoms with Crippen LogP contribution in [0.1, 0.15) is 24.8 Å². The highest BCUT2D eigenvalue weighted by Crippen LogP contribution is 2.40. The summed E-state index contributed by atoms with van der Waals surface area (Å²) in [4.78, 5) is 32.0. The van der Waals surface area contributed by atoms with Crippen molar-refractivity contribution in [3.63, 3.8) is 0 Å². The SMILES string of the molecule is Cc1ccccc1N=C1SC(CC(=O)Nc2cccc(Cl)c2Cl)C(=O)N1C1CC1. The fourth-order valence-corrected chi connectivity index (χ4v) is 4.68. The molecule has 1 N–H and O–H groups in total. The van der Waals surface area contributed by atoms with Crippen molar-refractivity contribution in [1.82, 2.24) is 4.90 Å². The molecule has 1 saturated heterocycles. The molecule has 0 radical (unpaired) electrons. The van der Waals surface area contributed by atoms with Gasteiger partial charge in [-0.1, -0.05) is 59.2 Å². The number of aliphatic imine (C=N–C) groups is 1. The van der Waals surface area contributed by atoms with Gasteiger partial charge in [-0.15, -0.1) is 0 Å². The van der Waals surface area contributed by atoms with Crippen LogP contribution in [0.2, 0.25) is 10.0 Å². The molecule has 2 amide bonds. The zero-order valence-corrected chi connectivity index (χ0v) is 18.0. The van der Waals surface area contributed by atoms with Gasteiger partial charge in [0.05, 0.1) is 21.4 Å². The molecule has 0 bridgehead atoms. The van der Waals surface area contributed by atoms with Crippen molar-refractivity contribution in [3.05, 3.63) is 58.1 Å². The van der Waals surface area contributed by atoms with Gasteiger partial charge in [0.25, 0.3) is 0 Å². The average Bonchev–Trinajstić information content (AvgIpc) is 3.47. The molecule has 1 unspecified atom stereocenters. The molecule has 2 aromatic carbocycles. The first-order valence-electron chi connectivity index (χ1n) is 9.32. The molecule has 2 fully saturated rings. The van der Waals surface area contributed by atoms with Crippen molar-refractivity contribution in [3.8, 4) is 0 Å². The van der Waals surface area contributed by atoms with Crippen molar-refractivity contribution in [2.24, 2.45) is 4.99 Å². The van der Waals surface area contributed by atoms with Crippen LogP contribution in [0.4, 0.5) is 11.4 Å². The van der Waals surface area contributed by atoms with Gasteiger partial charge in [-0.05, 0) is 43.5 Å². The van der Waals surface area contributed by atoms with Gasteiger partial charge in [-0.25, -0.2) is 4.99 Å². The van der Waals surface area contributed by atoms with E-state index in [9.17, 15) is 9.59 Å². The molecule has 5 nitrogen and oxygen atoms in total. The number of aryl methyl sites for hydroxylation is 1. The van der Waals surface area contributed by atoms with Crippen LogP contribution >= 0.6 is 35.0 Å². The number of hydrogen-bond donors (Lipinski definition) is 1. The van der Waals surface area contributed by atoms with Gasteiger partial charge < -0.3 is 5.32 Å². The quantitative estimate of drug-likeness (QED) is 0.664. The van der Waals surface area contributed by atoms with Gasteiger partial charge in [-0.2, -0.15) is 0 Å². The van der Waals surface area contributed by atoms with E-state index in [0.29, 0.717) is 15.9 Å². The lowest BCUT2D eigenvalue weighted by Gasteiger charge is -2.15. The molecule has 150 valence electrons. The van der Waals surface area contributed by atoms with Crippen LogP contribution in [-0.4, -0.2) is 33.2 Å². The minimum atomic E-state index is -0.503. The summed E-state index contributed by atoms with van der Waals surface area (Å²) in [5, 5.41) is 3.57. The van der Waals surface area contributed by atoms with E-state index < -0.39 is 5.25 Å². The zero-order chi connectivity index (χ0) is 20.5. The number of nitrogens with one attached hydrogen (secondary N) is 1. The summed E-state index contributed by atoms with van der Waals surface area (Å²) < 4.78 is 0. The lowest BCUT2D eigenvalue weighted by molar-refractivity contribution is -0.128. The minimum Gasteiger partial charge on any atom is -0.325 e. The second kappa shape index (κ2) is 8.38. The van der Waals surface area contributed by atoms with Crippen molar-refractivity contribution >= 4 is 63.3 Å². The fourth-order valence-electron chi connectivity index (χ4n) is 3.12. The van der Waals surface area contributed by atoms with E-state index in [0.717, 1.165) is 24.1 Å². The third-order valence-electron chi connectivity index (χ3n) is 4.81. The first-order chi connectivity index (χ1) is 13.9. The summed E-state index contributed by atoms with van der Waals surface area (Å²) in [6.45, 7) is 1.99. The van der Waals surface area contributed by atoms with E-state index in [4.69, 9.17) is 28.2 Å². The zero-order valence-electron chi connectivity index (χ0n) is 15.7. The summed E-state index contributed by atoms with van der Waals surface area (Å²) in [7, 11) is 0. The summed E-state index contributed by atoms with van der Waals surface area (Å²) in [6.07, 6.45) is 1.98. The predicted octanol–water partition coefficient (Wildman–Crippen LogP) is 5.42. The summed E-state index contributed by atoms with van der Waals surface area (Å²) in [5.41, 5.74) is 2.32. The van der Waals surface area contributed by atoms with Crippen LogP contribution in [0.15, 0.2) is 47.5 Å². The predicted molar refractivity (Wildman–Crippen MR) is 119 cm³/mol. The number of thioether (sulfide) groups is 1. The number of anilines is 1. The Labute approximate surface area is 183 Å². The summed E-state index contributed by atoms with van der Waals surface area (Å²) in [5.74, 6) is -0.343. The summed E-state index contributed by atoms with van der Waals surface area (Å²) >= 11 is 13.5. The van der Waals surface area contributed by atoms with E-state index in [-0.39, 0.29) is 29.3 Å². The Hall–Kier alpha value is -2.02. The van der Waals surface area contributed by atoms with Gasteiger partial charge >= 0.3 is 0 Å². The smallest absolute Gasteiger partial charge is 0.242 e. The lowest BCUT2D eigenvalue weighted by atomic mass is 10.2. The Morgan fingerprint density at radius 1 is 1.21 bits per heavy atom. The number of halogens is 2. The van der Waals surface area contributed by atoms with Crippen LogP contribution in [0.3, 0.4) is 0 Å². The van der Waals surface area contributed by atoms with Crippen molar-refractivity contribution < 1.29 is 9.59 Å². The highest BCUT2D eigenvalue weighted by atomic mass is 35.5. The molecule has 2 aliphatic rings. The largest absolute Gasteiger partial charge is 0.325 e. The van der Waals surface area contributed by atoms with Crippen LogP contribution in [0.25, 0.3) is 0 Å². The maximum absolute atomic E-state index is 13.0.